The first kappa shape index (κ1) is 13.2. The van der Waals surface area contributed by atoms with Crippen molar-refractivity contribution < 1.29 is 0 Å². The normalized spacial score (nSPS) is 49.5. The van der Waals surface area contributed by atoms with Crippen LogP contribution in [0.3, 0.4) is 0 Å². The van der Waals surface area contributed by atoms with Crippen LogP contribution in [0.5, 0.6) is 0 Å². The van der Waals surface area contributed by atoms with E-state index in [1.54, 1.807) is 0 Å². The lowest BCUT2D eigenvalue weighted by molar-refractivity contribution is -0.0677. The molecular weight excluding hydrogens is 242 g/mol. The van der Waals surface area contributed by atoms with Gasteiger partial charge in [-0.25, -0.2) is 0 Å². The van der Waals surface area contributed by atoms with Crippen molar-refractivity contribution in [3.05, 3.63) is 0 Å². The molecule has 4 fully saturated rings. The third-order valence-electron chi connectivity index (χ3n) is 5.25. The minimum Gasteiger partial charge on any atom is -0.329 e. The minimum absolute atomic E-state index is 0.292. The lowest BCUT2D eigenvalue weighted by Crippen LogP contribution is -2.71. The van der Waals surface area contributed by atoms with Crippen molar-refractivity contribution >= 4 is 11.8 Å². The molecule has 4 aliphatic heterocycles. The van der Waals surface area contributed by atoms with Crippen molar-refractivity contribution in [2.45, 2.75) is 42.7 Å². The molecule has 0 aromatic carbocycles. The summed E-state index contributed by atoms with van der Waals surface area (Å²) in [7, 11) is 0. The zero-order valence-electron chi connectivity index (χ0n) is 11.8. The highest BCUT2D eigenvalue weighted by Gasteiger charge is 2.50. The molecule has 4 heterocycles. The zero-order valence-corrected chi connectivity index (χ0v) is 12.6. The van der Waals surface area contributed by atoms with Crippen LogP contribution in [0.1, 0.15) is 26.7 Å². The Morgan fingerprint density at radius 1 is 1.17 bits per heavy atom. The fourth-order valence-corrected chi connectivity index (χ4v) is 5.73. The van der Waals surface area contributed by atoms with E-state index < -0.39 is 0 Å². The molecule has 3 nitrogen and oxygen atoms in total. The number of nitrogens with zero attached hydrogens (tertiary/aromatic N) is 2. The SMILES string of the molecule is CC1CN(C2(CN)CN3CCC2CC3)CC(C)S1. The maximum absolute atomic E-state index is 6.27. The standard InChI is InChI=1S/C14H27N3S/c1-11-7-17(8-12(2)18-11)14(9-15)10-16-5-3-13(14)4-6-16/h11-13H,3-10,15H2,1-2H3. The molecule has 2 bridgehead atoms. The number of rotatable bonds is 2. The van der Waals surface area contributed by atoms with Crippen molar-refractivity contribution in [3.63, 3.8) is 0 Å². The van der Waals surface area contributed by atoms with E-state index in [0.29, 0.717) is 5.54 Å². The summed E-state index contributed by atoms with van der Waals surface area (Å²) >= 11 is 2.14. The van der Waals surface area contributed by atoms with Crippen molar-refractivity contribution in [1.29, 1.82) is 0 Å². The second kappa shape index (κ2) is 4.97. The van der Waals surface area contributed by atoms with Gasteiger partial charge in [0, 0.05) is 42.2 Å². The number of fused-ring (bicyclic) bond motifs is 3. The molecule has 104 valence electrons. The van der Waals surface area contributed by atoms with Crippen LogP contribution in [0.25, 0.3) is 0 Å². The Balaban J connectivity index is 1.82. The number of piperidine rings is 3. The van der Waals surface area contributed by atoms with Crippen LogP contribution in [0, 0.1) is 5.92 Å². The molecule has 4 heteroatoms. The maximum Gasteiger partial charge on any atom is 0.0488 e. The van der Waals surface area contributed by atoms with Gasteiger partial charge in [-0.2, -0.15) is 11.8 Å². The summed E-state index contributed by atoms with van der Waals surface area (Å²) in [6.45, 7) is 11.9. The highest BCUT2D eigenvalue weighted by atomic mass is 32.2. The molecule has 4 saturated heterocycles. The van der Waals surface area contributed by atoms with Gasteiger partial charge in [-0.3, -0.25) is 4.90 Å². The van der Waals surface area contributed by atoms with E-state index in [4.69, 9.17) is 5.73 Å². The van der Waals surface area contributed by atoms with Crippen molar-refractivity contribution in [2.24, 2.45) is 11.7 Å². The van der Waals surface area contributed by atoms with E-state index >= 15 is 0 Å². The quantitative estimate of drug-likeness (QED) is 0.817. The van der Waals surface area contributed by atoms with Gasteiger partial charge in [0.2, 0.25) is 0 Å². The van der Waals surface area contributed by atoms with E-state index in [1.807, 2.05) is 0 Å². The Morgan fingerprint density at radius 2 is 1.78 bits per heavy atom. The summed E-state index contributed by atoms with van der Waals surface area (Å²) in [5.41, 5.74) is 6.56. The van der Waals surface area contributed by atoms with E-state index in [0.717, 1.165) is 23.0 Å². The van der Waals surface area contributed by atoms with Gasteiger partial charge in [0.1, 0.15) is 0 Å². The van der Waals surface area contributed by atoms with Gasteiger partial charge in [-0.1, -0.05) is 13.8 Å². The highest BCUT2D eigenvalue weighted by molar-refractivity contribution is 8.00. The van der Waals surface area contributed by atoms with Crippen LogP contribution < -0.4 is 5.73 Å². The first-order valence-corrected chi connectivity index (χ1v) is 8.41. The lowest BCUT2D eigenvalue weighted by Gasteiger charge is -2.59. The minimum atomic E-state index is 0.292. The Hall–Kier alpha value is 0.230. The summed E-state index contributed by atoms with van der Waals surface area (Å²) in [5, 5.41) is 1.51. The second-order valence-corrected chi connectivity index (χ2v) is 8.40. The molecule has 2 N–H and O–H groups in total. The number of hydrogen-bond acceptors (Lipinski definition) is 4. The smallest absolute Gasteiger partial charge is 0.0488 e. The molecule has 0 aromatic rings. The zero-order chi connectivity index (χ0) is 12.8. The van der Waals surface area contributed by atoms with E-state index in [9.17, 15) is 0 Å². The summed E-state index contributed by atoms with van der Waals surface area (Å²) < 4.78 is 0. The number of thioether (sulfide) groups is 1. The first-order chi connectivity index (χ1) is 8.64. The average molecular weight is 269 g/mol. The first-order valence-electron chi connectivity index (χ1n) is 7.47. The van der Waals surface area contributed by atoms with Gasteiger partial charge in [-0.15, -0.1) is 0 Å². The Bertz CT molecular complexity index is 293. The molecule has 0 saturated carbocycles. The third kappa shape index (κ3) is 2.11. The van der Waals surface area contributed by atoms with Crippen molar-refractivity contribution in [3.8, 4) is 0 Å². The molecule has 0 aliphatic carbocycles. The van der Waals surface area contributed by atoms with Gasteiger partial charge in [0.05, 0.1) is 0 Å². The lowest BCUT2D eigenvalue weighted by atomic mass is 9.71. The van der Waals surface area contributed by atoms with Gasteiger partial charge in [0.15, 0.2) is 0 Å². The van der Waals surface area contributed by atoms with Gasteiger partial charge in [-0.05, 0) is 31.8 Å². The average Bonchev–Trinajstić information content (AvgIpc) is 2.38. The largest absolute Gasteiger partial charge is 0.329 e. The van der Waals surface area contributed by atoms with Crippen LogP contribution in [0.2, 0.25) is 0 Å². The Kier molecular flexibility index (Phi) is 3.65. The van der Waals surface area contributed by atoms with Gasteiger partial charge in [0.25, 0.3) is 0 Å². The molecular formula is C14H27N3S. The van der Waals surface area contributed by atoms with E-state index in [2.05, 4.69) is 35.4 Å². The van der Waals surface area contributed by atoms with Crippen LogP contribution in [0.4, 0.5) is 0 Å². The predicted octanol–water partition coefficient (Wildman–Crippen LogP) is 1.24. The predicted molar refractivity (Wildman–Crippen MR) is 79.0 cm³/mol. The maximum atomic E-state index is 6.27. The van der Waals surface area contributed by atoms with Gasteiger partial charge >= 0.3 is 0 Å². The molecule has 0 amide bonds. The second-order valence-electron chi connectivity index (χ2n) is 6.52. The fourth-order valence-electron chi connectivity index (χ4n) is 4.40. The molecule has 0 radical (unpaired) electrons. The monoisotopic (exact) mass is 269 g/mol. The molecule has 3 unspecified atom stereocenters. The number of nitrogens with two attached hydrogens (primary N) is 1. The number of hydrogen-bond donors (Lipinski definition) is 1. The third-order valence-corrected chi connectivity index (χ3v) is 6.48. The molecule has 0 spiro atoms. The van der Waals surface area contributed by atoms with E-state index in [1.165, 1.54) is 45.6 Å². The Morgan fingerprint density at radius 3 is 2.22 bits per heavy atom. The van der Waals surface area contributed by atoms with Crippen molar-refractivity contribution in [1.82, 2.24) is 9.80 Å². The summed E-state index contributed by atoms with van der Waals surface area (Å²) in [6, 6.07) is 0. The highest BCUT2D eigenvalue weighted by Crippen LogP contribution is 2.41. The molecule has 3 atom stereocenters. The molecule has 18 heavy (non-hydrogen) atoms. The molecule has 4 aliphatic rings. The van der Waals surface area contributed by atoms with Crippen LogP contribution in [0.15, 0.2) is 0 Å². The molecule has 4 rings (SSSR count). The van der Waals surface area contributed by atoms with Crippen LogP contribution in [-0.2, 0) is 0 Å². The van der Waals surface area contributed by atoms with Gasteiger partial charge < -0.3 is 10.6 Å². The molecule has 0 aromatic heterocycles. The van der Waals surface area contributed by atoms with Crippen molar-refractivity contribution in [2.75, 3.05) is 39.3 Å². The Labute approximate surface area is 115 Å². The van der Waals surface area contributed by atoms with Crippen LogP contribution in [-0.4, -0.2) is 65.1 Å². The topological polar surface area (TPSA) is 32.5 Å². The fraction of sp³-hybridized carbons (Fsp3) is 1.00. The summed E-state index contributed by atoms with van der Waals surface area (Å²) in [6.07, 6.45) is 2.73. The van der Waals surface area contributed by atoms with E-state index in [-0.39, 0.29) is 0 Å². The van der Waals surface area contributed by atoms with Crippen LogP contribution >= 0.6 is 11.8 Å². The summed E-state index contributed by atoms with van der Waals surface area (Å²) in [4.78, 5) is 5.40. The summed E-state index contributed by atoms with van der Waals surface area (Å²) in [5.74, 6) is 0.843.